The number of nitrogens with one attached hydrogen (secondary N) is 6. The van der Waals surface area contributed by atoms with E-state index < -0.39 is 64.7 Å². The first kappa shape index (κ1) is 63.2. The van der Waals surface area contributed by atoms with Crippen LogP contribution in [0.4, 0.5) is 4.79 Å². The highest BCUT2D eigenvalue weighted by Crippen LogP contribution is 2.35. The van der Waals surface area contributed by atoms with Crippen molar-refractivity contribution in [3.8, 4) is 0 Å². The summed E-state index contributed by atoms with van der Waals surface area (Å²) in [6.07, 6.45) is 5.67. The Kier molecular flexibility index (Phi) is 24.1. The van der Waals surface area contributed by atoms with Gasteiger partial charge in [0, 0.05) is 50.4 Å². The van der Waals surface area contributed by atoms with Gasteiger partial charge in [0.25, 0.3) is 0 Å². The molecule has 4 rings (SSSR count). The summed E-state index contributed by atoms with van der Waals surface area (Å²) in [6, 6.07) is 9.02. The fourth-order valence-electron chi connectivity index (χ4n) is 9.71. The number of allylic oxidation sites excluding steroid dienone is 2. The summed E-state index contributed by atoms with van der Waals surface area (Å²) in [5, 5.41) is 19.4. The van der Waals surface area contributed by atoms with Crippen LogP contribution in [-0.4, -0.2) is 115 Å². The monoisotopic (exact) mass is 1070 g/mol. The fraction of sp³-hybridized carbons (Fsp3) is 0.638. The first-order chi connectivity index (χ1) is 36.2. The fourth-order valence-corrected chi connectivity index (χ4v) is 9.71. The number of unbranched alkanes of at least 4 members (excludes halogenated alkanes) is 2. The topological polar surface area (TPSA) is 280 Å². The molecule has 4 atom stereocenters. The first-order valence-electron chi connectivity index (χ1n) is 27.3. The van der Waals surface area contributed by atoms with Gasteiger partial charge in [-0.1, -0.05) is 56.3 Å². The molecule has 5 amide bonds. The number of hydrogen-bond donors (Lipinski definition) is 7. The van der Waals surface area contributed by atoms with E-state index in [2.05, 4.69) is 31.9 Å². The maximum atomic E-state index is 14.0. The van der Waals surface area contributed by atoms with Crippen LogP contribution < -0.4 is 37.6 Å². The summed E-state index contributed by atoms with van der Waals surface area (Å²) in [7, 11) is 1.19. The molecule has 0 bridgehead atoms. The number of carbonyl (C=O) groups excluding carboxylic acids is 9. The van der Waals surface area contributed by atoms with Crippen LogP contribution in [0.3, 0.4) is 0 Å². The molecule has 2 aromatic carbocycles. The Balaban J connectivity index is 1.34. The Labute approximate surface area is 454 Å². The van der Waals surface area contributed by atoms with E-state index in [9.17, 15) is 43.2 Å². The number of carbonyl (C=O) groups is 9. The minimum absolute atomic E-state index is 0.112. The molecule has 77 heavy (non-hydrogen) atoms. The van der Waals surface area contributed by atoms with E-state index in [1.165, 1.54) is 7.11 Å². The lowest BCUT2D eigenvalue weighted by molar-refractivity contribution is -0.158. The normalized spacial score (nSPS) is 18.1. The number of hydrogen-bond acceptors (Lipinski definition) is 14. The molecule has 4 unspecified atom stereocenters. The van der Waals surface area contributed by atoms with Gasteiger partial charge in [0.2, 0.25) is 17.7 Å². The van der Waals surface area contributed by atoms with Crippen LogP contribution in [0.25, 0.3) is 10.8 Å². The predicted molar refractivity (Wildman–Crippen MR) is 293 cm³/mol. The maximum absolute atomic E-state index is 14.0. The molecule has 0 aromatic heterocycles. The summed E-state index contributed by atoms with van der Waals surface area (Å²) in [4.78, 5) is 119. The molecule has 2 aliphatic rings. The summed E-state index contributed by atoms with van der Waals surface area (Å²) < 4.78 is 15.8. The highest BCUT2D eigenvalue weighted by Gasteiger charge is 2.38. The van der Waals surface area contributed by atoms with E-state index in [0.717, 1.165) is 22.8 Å². The van der Waals surface area contributed by atoms with Gasteiger partial charge in [0.1, 0.15) is 35.4 Å². The molecule has 0 saturated heterocycles. The molecule has 0 radical (unpaired) electrons. The minimum atomic E-state index is -1.23. The standard InChI is InChI=1S/C58H87N7O12/c1-36(49-46(66)33-58(8,9)34-47(49)67)62-42(19-13-15-29-59)51(70)61-35-37-21-25-40(26-22-37)50(69)63-45(32-38-23-24-39-17-11-12-18-41(39)31-38)52(71)60-30-16-14-20-43(53(72)75-10)64-55(74)65-44(54(73)77-57(5,6)7)27-28-48(68)76-56(2,3)4/h11-12,17-18,23-24,31,37,40,42-45,62H,13-16,19-22,25-30,32-35,59H2,1-10H3,(H,60,71)(H,61,70)(H,63,69)(H2,64,65,74). The number of Topliss-reactive ketones (excluding diaryl/α,β-unsaturated/α-hetero) is 2. The van der Waals surface area contributed by atoms with E-state index in [-0.39, 0.29) is 91.8 Å². The SMILES string of the molecule is COC(=O)C(CCCCNC(=O)C(Cc1ccc2ccccc2c1)NC(=O)C1CCC(CNC(=O)C(CCCCN)NC(C)=C2C(=O)CC(C)(C)CC2=O)CC1)NC(=O)NC(CCC(=O)OC(C)(C)C)C(=O)OC(C)(C)C. The molecule has 0 heterocycles. The van der Waals surface area contributed by atoms with Crippen molar-refractivity contribution in [2.45, 2.75) is 194 Å². The molecule has 426 valence electrons. The van der Waals surface area contributed by atoms with Gasteiger partial charge in [-0.25, -0.2) is 14.4 Å². The number of amides is 5. The molecular formula is C58H87N7O12. The third kappa shape index (κ3) is 21.9. The molecular weight excluding hydrogens is 987 g/mol. The zero-order chi connectivity index (χ0) is 57.1. The molecule has 2 aromatic rings. The van der Waals surface area contributed by atoms with Crippen molar-refractivity contribution in [1.29, 1.82) is 0 Å². The van der Waals surface area contributed by atoms with E-state index >= 15 is 0 Å². The van der Waals surface area contributed by atoms with Gasteiger partial charge in [0.05, 0.1) is 12.7 Å². The van der Waals surface area contributed by atoms with Crippen molar-refractivity contribution >= 4 is 64.0 Å². The molecule has 2 saturated carbocycles. The molecule has 2 fully saturated rings. The van der Waals surface area contributed by atoms with E-state index in [1.807, 2.05) is 56.3 Å². The van der Waals surface area contributed by atoms with Gasteiger partial charge in [-0.05, 0) is 153 Å². The van der Waals surface area contributed by atoms with Crippen LogP contribution in [0, 0.1) is 17.3 Å². The van der Waals surface area contributed by atoms with E-state index in [0.29, 0.717) is 70.2 Å². The number of rotatable bonds is 26. The lowest BCUT2D eigenvalue weighted by atomic mass is 9.73. The molecule has 19 heteroatoms. The minimum Gasteiger partial charge on any atom is -0.467 e. The van der Waals surface area contributed by atoms with Gasteiger partial charge in [-0.2, -0.15) is 0 Å². The first-order valence-corrected chi connectivity index (χ1v) is 27.3. The Morgan fingerprint density at radius 2 is 1.26 bits per heavy atom. The lowest BCUT2D eigenvalue weighted by Gasteiger charge is -2.31. The second-order valence-corrected chi connectivity index (χ2v) is 23.4. The third-order valence-corrected chi connectivity index (χ3v) is 13.6. The predicted octanol–water partition coefficient (Wildman–Crippen LogP) is 6.07. The van der Waals surface area contributed by atoms with Crippen LogP contribution in [0.2, 0.25) is 0 Å². The largest absolute Gasteiger partial charge is 0.467 e. The summed E-state index contributed by atoms with van der Waals surface area (Å²) in [6.45, 7) is 16.7. The second kappa shape index (κ2) is 29.4. The number of esters is 3. The van der Waals surface area contributed by atoms with E-state index in [1.54, 1.807) is 48.5 Å². The highest BCUT2D eigenvalue weighted by molar-refractivity contribution is 6.22. The van der Waals surface area contributed by atoms with E-state index in [4.69, 9.17) is 19.9 Å². The molecule has 2 aliphatic carbocycles. The number of ether oxygens (including phenoxy) is 3. The number of methoxy groups -OCH3 is 1. The van der Waals surface area contributed by atoms with Gasteiger partial charge in [-0.15, -0.1) is 0 Å². The van der Waals surface area contributed by atoms with Crippen LogP contribution in [0.5, 0.6) is 0 Å². The Morgan fingerprint density at radius 1 is 0.675 bits per heavy atom. The van der Waals surface area contributed by atoms with Crippen molar-refractivity contribution in [2.24, 2.45) is 23.0 Å². The Morgan fingerprint density at radius 3 is 1.87 bits per heavy atom. The van der Waals surface area contributed by atoms with Crippen molar-refractivity contribution in [1.82, 2.24) is 31.9 Å². The van der Waals surface area contributed by atoms with Gasteiger partial charge >= 0.3 is 23.9 Å². The second-order valence-electron chi connectivity index (χ2n) is 23.4. The molecule has 0 aliphatic heterocycles. The number of nitrogens with two attached hydrogens (primary N) is 1. The summed E-state index contributed by atoms with van der Waals surface area (Å²) >= 11 is 0. The smallest absolute Gasteiger partial charge is 0.329 e. The summed E-state index contributed by atoms with van der Waals surface area (Å²) in [5.41, 5.74) is 5.11. The number of fused-ring (bicyclic) bond motifs is 1. The number of urea groups is 1. The third-order valence-electron chi connectivity index (χ3n) is 13.6. The quantitative estimate of drug-likeness (QED) is 0.0185. The number of ketones is 2. The van der Waals surface area contributed by atoms with Crippen LogP contribution in [0.15, 0.2) is 53.7 Å². The number of benzene rings is 2. The van der Waals surface area contributed by atoms with Crippen molar-refractivity contribution < 1.29 is 57.4 Å². The average Bonchev–Trinajstić information content (AvgIpc) is 3.34. The van der Waals surface area contributed by atoms with Crippen molar-refractivity contribution in [3.63, 3.8) is 0 Å². The lowest BCUT2D eigenvalue weighted by Crippen LogP contribution is -2.52. The van der Waals surface area contributed by atoms with Crippen molar-refractivity contribution in [3.05, 3.63) is 59.3 Å². The van der Waals surface area contributed by atoms with Gasteiger partial charge in [0.15, 0.2) is 11.6 Å². The van der Waals surface area contributed by atoms with Crippen molar-refractivity contribution in [2.75, 3.05) is 26.7 Å². The Hall–Kier alpha value is -6.37. The molecule has 8 N–H and O–H groups in total. The molecule has 19 nitrogen and oxygen atoms in total. The van der Waals surface area contributed by atoms with Crippen LogP contribution in [0.1, 0.15) is 158 Å². The Bertz CT molecular complexity index is 2410. The highest BCUT2D eigenvalue weighted by atomic mass is 16.6. The summed E-state index contributed by atoms with van der Waals surface area (Å²) in [5.74, 6) is -3.58. The zero-order valence-electron chi connectivity index (χ0n) is 47.2. The maximum Gasteiger partial charge on any atom is 0.329 e. The zero-order valence-corrected chi connectivity index (χ0v) is 47.2. The van der Waals surface area contributed by atoms with Gasteiger partial charge < -0.3 is 51.8 Å². The van der Waals surface area contributed by atoms with Gasteiger partial charge in [-0.3, -0.25) is 28.8 Å². The average molecular weight is 1070 g/mol. The molecule has 0 spiro atoms. The van der Waals surface area contributed by atoms with Crippen LogP contribution in [-0.2, 0) is 59.0 Å². The van der Waals surface area contributed by atoms with Crippen LogP contribution >= 0.6 is 0 Å².